The molecule has 4 N–H and O–H groups in total. The van der Waals surface area contributed by atoms with E-state index in [1.807, 2.05) is 0 Å². The Kier molecular flexibility index (Phi) is 2.59. The summed E-state index contributed by atoms with van der Waals surface area (Å²) in [7, 11) is 0. The Hall–Kier alpha value is -1.39. The normalized spacial score (nSPS) is 32.6. The highest BCUT2D eigenvalue weighted by atomic mass is 16.2. The highest BCUT2D eigenvalue weighted by Gasteiger charge is 2.47. The number of nitrogens with two attached hydrogens (primary N) is 2. The quantitative estimate of drug-likeness (QED) is 0.575. The summed E-state index contributed by atoms with van der Waals surface area (Å²) in [6.07, 6.45) is 1.46. The van der Waals surface area contributed by atoms with Gasteiger partial charge in [0, 0.05) is 0 Å². The van der Waals surface area contributed by atoms with E-state index in [1.54, 1.807) is 0 Å². The SMILES string of the molecule is CC1(C(N)=O)CCCC(C(N)=O)C1=O. The van der Waals surface area contributed by atoms with Crippen molar-refractivity contribution in [3.63, 3.8) is 0 Å². The maximum Gasteiger partial charge on any atom is 0.230 e. The van der Waals surface area contributed by atoms with Crippen LogP contribution in [0.25, 0.3) is 0 Å². The molecule has 78 valence electrons. The van der Waals surface area contributed by atoms with Crippen molar-refractivity contribution in [1.82, 2.24) is 0 Å². The van der Waals surface area contributed by atoms with Gasteiger partial charge in [-0.1, -0.05) is 6.42 Å². The molecule has 0 heterocycles. The molecule has 5 heteroatoms. The van der Waals surface area contributed by atoms with Gasteiger partial charge in [0.2, 0.25) is 11.8 Å². The lowest BCUT2D eigenvalue weighted by atomic mass is 9.69. The van der Waals surface area contributed by atoms with E-state index < -0.39 is 28.9 Å². The van der Waals surface area contributed by atoms with Crippen LogP contribution in [0, 0.1) is 11.3 Å². The van der Waals surface area contributed by atoms with Gasteiger partial charge in [-0.2, -0.15) is 0 Å². The summed E-state index contributed by atoms with van der Waals surface area (Å²) in [5.74, 6) is -2.61. The van der Waals surface area contributed by atoms with E-state index in [2.05, 4.69) is 0 Å². The molecule has 1 fully saturated rings. The Morgan fingerprint density at radius 3 is 2.43 bits per heavy atom. The lowest BCUT2D eigenvalue weighted by Crippen LogP contribution is -2.50. The number of ketones is 1. The molecule has 5 nitrogen and oxygen atoms in total. The average molecular weight is 198 g/mol. The first-order valence-electron chi connectivity index (χ1n) is 4.53. The van der Waals surface area contributed by atoms with Crippen molar-refractivity contribution in [1.29, 1.82) is 0 Å². The molecule has 0 aromatic rings. The largest absolute Gasteiger partial charge is 0.369 e. The standard InChI is InChI=1S/C9H14N2O3/c1-9(8(11)14)4-2-3-5(6(9)12)7(10)13/h5H,2-4H2,1H3,(H2,10,13)(H2,11,14). The van der Waals surface area contributed by atoms with Crippen molar-refractivity contribution in [2.75, 3.05) is 0 Å². The Labute approximate surface area is 81.8 Å². The minimum Gasteiger partial charge on any atom is -0.369 e. The maximum absolute atomic E-state index is 11.7. The molecule has 1 aliphatic rings. The van der Waals surface area contributed by atoms with Crippen LogP contribution in [0.3, 0.4) is 0 Å². The lowest BCUT2D eigenvalue weighted by molar-refractivity contribution is -0.147. The van der Waals surface area contributed by atoms with Crippen molar-refractivity contribution in [2.45, 2.75) is 26.2 Å². The van der Waals surface area contributed by atoms with E-state index in [0.717, 1.165) is 0 Å². The molecule has 1 saturated carbocycles. The monoisotopic (exact) mass is 198 g/mol. The molecule has 1 rings (SSSR count). The summed E-state index contributed by atoms with van der Waals surface area (Å²) in [5.41, 5.74) is 9.00. The molecule has 1 aliphatic carbocycles. The van der Waals surface area contributed by atoms with Gasteiger partial charge < -0.3 is 11.5 Å². The number of carbonyl (C=O) groups is 3. The third-order valence-electron chi connectivity index (χ3n) is 2.92. The van der Waals surface area contributed by atoms with Gasteiger partial charge in [-0.05, 0) is 19.8 Å². The zero-order valence-electron chi connectivity index (χ0n) is 8.08. The van der Waals surface area contributed by atoms with Crippen molar-refractivity contribution >= 4 is 17.6 Å². The van der Waals surface area contributed by atoms with E-state index in [1.165, 1.54) is 6.92 Å². The summed E-state index contributed by atoms with van der Waals surface area (Å²) >= 11 is 0. The van der Waals surface area contributed by atoms with Gasteiger partial charge in [0.1, 0.15) is 5.41 Å². The summed E-state index contributed by atoms with van der Waals surface area (Å²) in [6, 6.07) is 0. The van der Waals surface area contributed by atoms with E-state index in [9.17, 15) is 14.4 Å². The van der Waals surface area contributed by atoms with Gasteiger partial charge in [-0.15, -0.1) is 0 Å². The second-order valence-electron chi connectivity index (χ2n) is 3.91. The maximum atomic E-state index is 11.7. The molecule has 0 bridgehead atoms. The van der Waals surface area contributed by atoms with Gasteiger partial charge in [0.25, 0.3) is 0 Å². The zero-order valence-corrected chi connectivity index (χ0v) is 8.08. The molecular weight excluding hydrogens is 184 g/mol. The van der Waals surface area contributed by atoms with E-state index in [-0.39, 0.29) is 0 Å². The van der Waals surface area contributed by atoms with Crippen molar-refractivity contribution in [2.24, 2.45) is 22.8 Å². The van der Waals surface area contributed by atoms with E-state index >= 15 is 0 Å². The van der Waals surface area contributed by atoms with Crippen LogP contribution >= 0.6 is 0 Å². The Balaban J connectivity index is 2.97. The zero-order chi connectivity index (χ0) is 10.9. The molecule has 0 spiro atoms. The third-order valence-corrected chi connectivity index (χ3v) is 2.92. The van der Waals surface area contributed by atoms with Crippen molar-refractivity contribution in [3.8, 4) is 0 Å². The third kappa shape index (κ3) is 1.49. The first-order valence-corrected chi connectivity index (χ1v) is 4.53. The minimum absolute atomic E-state index is 0.408. The van der Waals surface area contributed by atoms with Gasteiger partial charge in [-0.25, -0.2) is 0 Å². The van der Waals surface area contributed by atoms with Gasteiger partial charge >= 0.3 is 0 Å². The fourth-order valence-corrected chi connectivity index (χ4v) is 1.81. The van der Waals surface area contributed by atoms with Crippen LogP contribution in [0.5, 0.6) is 0 Å². The Morgan fingerprint density at radius 2 is 2.00 bits per heavy atom. The van der Waals surface area contributed by atoms with Gasteiger partial charge in [0.05, 0.1) is 5.92 Å². The smallest absolute Gasteiger partial charge is 0.230 e. The van der Waals surface area contributed by atoms with Crippen LogP contribution in [-0.4, -0.2) is 17.6 Å². The first kappa shape index (κ1) is 10.7. The molecule has 2 amide bonds. The van der Waals surface area contributed by atoms with Crippen molar-refractivity contribution in [3.05, 3.63) is 0 Å². The van der Waals surface area contributed by atoms with Gasteiger partial charge in [-0.3, -0.25) is 14.4 Å². The average Bonchev–Trinajstić information content (AvgIpc) is 2.09. The molecule has 2 atom stereocenters. The van der Waals surface area contributed by atoms with Crippen LogP contribution in [0.4, 0.5) is 0 Å². The Bertz CT molecular complexity index is 300. The molecule has 0 aromatic heterocycles. The molecule has 0 radical (unpaired) electrons. The lowest BCUT2D eigenvalue weighted by Gasteiger charge is -2.32. The topological polar surface area (TPSA) is 103 Å². The highest BCUT2D eigenvalue weighted by molar-refractivity contribution is 6.13. The summed E-state index contributed by atoms with van der Waals surface area (Å²) < 4.78 is 0. The molecule has 14 heavy (non-hydrogen) atoms. The summed E-state index contributed by atoms with van der Waals surface area (Å²) in [5, 5.41) is 0. The van der Waals surface area contributed by atoms with Crippen LogP contribution in [0.2, 0.25) is 0 Å². The summed E-state index contributed by atoms with van der Waals surface area (Å²) in [4.78, 5) is 33.8. The van der Waals surface area contributed by atoms with Crippen LogP contribution in [0.1, 0.15) is 26.2 Å². The number of amides is 2. The molecule has 2 unspecified atom stereocenters. The number of Topliss-reactive ketones (excluding diaryl/α,β-unsaturated/α-hetero) is 1. The first-order chi connectivity index (χ1) is 6.39. The van der Waals surface area contributed by atoms with E-state index in [4.69, 9.17) is 11.5 Å². The Morgan fingerprint density at radius 1 is 1.43 bits per heavy atom. The minimum atomic E-state index is -1.21. The second-order valence-corrected chi connectivity index (χ2v) is 3.91. The number of hydrogen-bond acceptors (Lipinski definition) is 3. The highest BCUT2D eigenvalue weighted by Crippen LogP contribution is 2.35. The molecular formula is C9H14N2O3. The predicted molar refractivity (Wildman–Crippen MR) is 48.8 cm³/mol. The second kappa shape index (κ2) is 3.40. The molecule has 0 aromatic carbocycles. The molecule has 0 saturated heterocycles. The number of carbonyl (C=O) groups excluding carboxylic acids is 3. The summed E-state index contributed by atoms with van der Waals surface area (Å²) in [6.45, 7) is 1.48. The predicted octanol–water partition coefficient (Wildman–Crippen LogP) is -0.668. The number of rotatable bonds is 2. The van der Waals surface area contributed by atoms with Crippen molar-refractivity contribution < 1.29 is 14.4 Å². The van der Waals surface area contributed by atoms with Crippen LogP contribution in [-0.2, 0) is 14.4 Å². The van der Waals surface area contributed by atoms with Crippen LogP contribution < -0.4 is 11.5 Å². The number of primary amides is 2. The van der Waals surface area contributed by atoms with E-state index in [0.29, 0.717) is 19.3 Å². The fourth-order valence-electron chi connectivity index (χ4n) is 1.81. The fraction of sp³-hybridized carbons (Fsp3) is 0.667. The molecule has 0 aliphatic heterocycles. The van der Waals surface area contributed by atoms with Gasteiger partial charge in [0.15, 0.2) is 5.78 Å². The number of hydrogen-bond donors (Lipinski definition) is 2. The van der Waals surface area contributed by atoms with Crippen LogP contribution in [0.15, 0.2) is 0 Å².